The van der Waals surface area contributed by atoms with E-state index in [1.807, 2.05) is 37.3 Å². The standard InChI is InChI=1S/C26H32ClN7O2S/c1-18-15-19(16-29-37(35,36)22-8-9-22)3-10-24(18)31-25-23(27)17-28-26(32-25)30-20-4-6-21(7-5-20)34-13-11-33(2)12-14-34/h3-7,10,15,17,22,29H,8-9,11-14,16H2,1-2H3,(H2,28,30,31,32). The van der Waals surface area contributed by atoms with E-state index in [-0.39, 0.29) is 11.8 Å². The van der Waals surface area contributed by atoms with Gasteiger partial charge in [-0.05, 0) is 68.3 Å². The highest BCUT2D eigenvalue weighted by atomic mass is 35.5. The van der Waals surface area contributed by atoms with E-state index in [0.717, 1.165) is 61.5 Å². The van der Waals surface area contributed by atoms with Gasteiger partial charge in [-0.15, -0.1) is 0 Å². The Morgan fingerprint density at radius 1 is 1.03 bits per heavy atom. The molecular weight excluding hydrogens is 510 g/mol. The van der Waals surface area contributed by atoms with Gasteiger partial charge in [0.25, 0.3) is 0 Å². The molecule has 3 aromatic rings. The van der Waals surface area contributed by atoms with Crippen LogP contribution >= 0.6 is 11.6 Å². The second-order valence-electron chi connectivity index (χ2n) is 9.69. The van der Waals surface area contributed by atoms with Crippen LogP contribution in [0.15, 0.2) is 48.7 Å². The number of halogens is 1. The number of nitrogens with zero attached hydrogens (tertiary/aromatic N) is 4. The van der Waals surface area contributed by atoms with Crippen LogP contribution in [0.2, 0.25) is 5.02 Å². The van der Waals surface area contributed by atoms with E-state index in [9.17, 15) is 8.42 Å². The Hall–Kier alpha value is -2.92. The smallest absolute Gasteiger partial charge is 0.229 e. The number of aromatic nitrogens is 2. The third-order valence-corrected chi connectivity index (χ3v) is 8.89. The van der Waals surface area contributed by atoms with Gasteiger partial charge in [0.1, 0.15) is 5.02 Å². The highest BCUT2D eigenvalue weighted by Gasteiger charge is 2.35. The fourth-order valence-corrected chi connectivity index (χ4v) is 5.75. The van der Waals surface area contributed by atoms with Crippen LogP contribution in [0, 0.1) is 6.92 Å². The molecule has 0 amide bonds. The molecule has 0 radical (unpaired) electrons. The fraction of sp³-hybridized carbons (Fsp3) is 0.385. The van der Waals surface area contributed by atoms with E-state index in [2.05, 4.69) is 54.3 Å². The third kappa shape index (κ3) is 6.51. The van der Waals surface area contributed by atoms with Crippen molar-refractivity contribution >= 4 is 50.5 Å². The number of likely N-dealkylation sites (N-methyl/N-ethyl adjacent to an activating group) is 1. The highest BCUT2D eigenvalue weighted by molar-refractivity contribution is 7.90. The first-order valence-corrected chi connectivity index (χ1v) is 14.4. The van der Waals surface area contributed by atoms with Gasteiger partial charge in [0, 0.05) is 49.8 Å². The van der Waals surface area contributed by atoms with Crippen LogP contribution in [0.5, 0.6) is 0 Å². The van der Waals surface area contributed by atoms with E-state index in [0.29, 0.717) is 16.8 Å². The van der Waals surface area contributed by atoms with Gasteiger partial charge in [0.15, 0.2) is 5.82 Å². The summed E-state index contributed by atoms with van der Waals surface area (Å²) in [4.78, 5) is 13.6. The molecule has 2 aromatic carbocycles. The van der Waals surface area contributed by atoms with Crippen molar-refractivity contribution in [3.63, 3.8) is 0 Å². The average Bonchev–Trinajstić information content (AvgIpc) is 3.74. The van der Waals surface area contributed by atoms with Crippen molar-refractivity contribution in [3.05, 3.63) is 64.8 Å². The number of hydrogen-bond acceptors (Lipinski definition) is 8. The molecular formula is C26H32ClN7O2S. The lowest BCUT2D eigenvalue weighted by molar-refractivity contribution is 0.313. The Balaban J connectivity index is 1.23. The zero-order chi connectivity index (χ0) is 26.0. The number of nitrogens with one attached hydrogen (secondary N) is 3. The van der Waals surface area contributed by atoms with E-state index in [4.69, 9.17) is 11.6 Å². The first-order valence-electron chi connectivity index (χ1n) is 12.4. The Labute approximate surface area is 223 Å². The molecule has 37 heavy (non-hydrogen) atoms. The molecule has 3 N–H and O–H groups in total. The Morgan fingerprint density at radius 3 is 2.43 bits per heavy atom. The normalized spacial score (nSPS) is 16.6. The average molecular weight is 542 g/mol. The molecule has 1 saturated heterocycles. The van der Waals surface area contributed by atoms with Crippen molar-refractivity contribution in [2.75, 3.05) is 48.8 Å². The van der Waals surface area contributed by atoms with Gasteiger partial charge in [-0.1, -0.05) is 23.7 Å². The van der Waals surface area contributed by atoms with Crippen LogP contribution in [0.3, 0.4) is 0 Å². The monoisotopic (exact) mass is 541 g/mol. The van der Waals surface area contributed by atoms with E-state index in [1.54, 1.807) is 6.20 Å². The second kappa shape index (κ2) is 10.8. The summed E-state index contributed by atoms with van der Waals surface area (Å²) in [5, 5.41) is 6.70. The molecule has 1 aromatic heterocycles. The first kappa shape index (κ1) is 25.7. The lowest BCUT2D eigenvalue weighted by Gasteiger charge is -2.34. The van der Waals surface area contributed by atoms with Crippen LogP contribution in [0.4, 0.5) is 28.8 Å². The van der Waals surface area contributed by atoms with Crippen LogP contribution in [-0.2, 0) is 16.6 Å². The molecule has 1 saturated carbocycles. The van der Waals surface area contributed by atoms with Crippen LogP contribution in [0.1, 0.15) is 24.0 Å². The number of anilines is 5. The van der Waals surface area contributed by atoms with E-state index in [1.165, 1.54) is 5.69 Å². The van der Waals surface area contributed by atoms with Crippen molar-refractivity contribution in [3.8, 4) is 0 Å². The molecule has 196 valence electrons. The maximum absolute atomic E-state index is 12.1. The molecule has 2 heterocycles. The molecule has 0 spiro atoms. The molecule has 11 heteroatoms. The quantitative estimate of drug-likeness (QED) is 0.369. The molecule has 2 aliphatic rings. The van der Waals surface area contributed by atoms with Gasteiger partial charge < -0.3 is 20.4 Å². The summed E-state index contributed by atoms with van der Waals surface area (Å²) in [6.07, 6.45) is 3.06. The summed E-state index contributed by atoms with van der Waals surface area (Å²) < 4.78 is 26.9. The summed E-state index contributed by atoms with van der Waals surface area (Å²) in [6, 6.07) is 14.0. The second-order valence-corrected chi connectivity index (χ2v) is 12.1. The maximum Gasteiger partial charge on any atom is 0.229 e. The van der Waals surface area contributed by atoms with Crippen molar-refractivity contribution in [1.29, 1.82) is 0 Å². The highest BCUT2D eigenvalue weighted by Crippen LogP contribution is 2.29. The van der Waals surface area contributed by atoms with E-state index >= 15 is 0 Å². The predicted octanol–water partition coefficient (Wildman–Crippen LogP) is 4.26. The molecule has 2 fully saturated rings. The SMILES string of the molecule is Cc1cc(CNS(=O)(=O)C2CC2)ccc1Nc1nc(Nc2ccc(N3CCN(C)CC3)cc2)ncc1Cl. The number of sulfonamides is 1. The van der Waals surface area contributed by atoms with Crippen molar-refractivity contribution in [2.24, 2.45) is 0 Å². The van der Waals surface area contributed by atoms with Crippen LogP contribution in [0.25, 0.3) is 0 Å². The molecule has 0 bridgehead atoms. The summed E-state index contributed by atoms with van der Waals surface area (Å²) in [6.45, 7) is 6.41. The Bertz CT molecular complexity index is 1360. The minimum Gasteiger partial charge on any atom is -0.369 e. The summed E-state index contributed by atoms with van der Waals surface area (Å²) in [5.74, 6) is 0.918. The Kier molecular flexibility index (Phi) is 7.52. The summed E-state index contributed by atoms with van der Waals surface area (Å²) in [7, 11) is -1.06. The largest absolute Gasteiger partial charge is 0.369 e. The topological polar surface area (TPSA) is 102 Å². The molecule has 9 nitrogen and oxygen atoms in total. The van der Waals surface area contributed by atoms with Crippen LogP contribution < -0.4 is 20.3 Å². The fourth-order valence-electron chi connectivity index (χ4n) is 4.25. The predicted molar refractivity (Wildman–Crippen MR) is 150 cm³/mol. The third-order valence-electron chi connectivity index (χ3n) is 6.72. The lowest BCUT2D eigenvalue weighted by Crippen LogP contribution is -2.44. The zero-order valence-corrected chi connectivity index (χ0v) is 22.6. The number of piperazine rings is 1. The van der Waals surface area contributed by atoms with Gasteiger partial charge in [-0.3, -0.25) is 0 Å². The number of rotatable bonds is 9. The Morgan fingerprint density at radius 2 is 1.76 bits per heavy atom. The minimum atomic E-state index is -3.21. The first-order chi connectivity index (χ1) is 17.8. The van der Waals surface area contributed by atoms with E-state index < -0.39 is 10.0 Å². The van der Waals surface area contributed by atoms with Gasteiger partial charge >= 0.3 is 0 Å². The van der Waals surface area contributed by atoms with Crippen LogP contribution in [-0.4, -0.2) is 61.8 Å². The minimum absolute atomic E-state index is 0.229. The molecule has 0 unspecified atom stereocenters. The molecule has 1 aliphatic carbocycles. The lowest BCUT2D eigenvalue weighted by atomic mass is 10.1. The van der Waals surface area contributed by atoms with Crippen molar-refractivity contribution in [1.82, 2.24) is 19.6 Å². The number of hydrogen-bond donors (Lipinski definition) is 3. The van der Waals surface area contributed by atoms with Gasteiger partial charge in [0.2, 0.25) is 16.0 Å². The van der Waals surface area contributed by atoms with Gasteiger partial charge in [0.05, 0.1) is 11.4 Å². The number of benzene rings is 2. The van der Waals surface area contributed by atoms with Crippen molar-refractivity contribution < 1.29 is 8.42 Å². The summed E-state index contributed by atoms with van der Waals surface area (Å²) in [5.41, 5.74) is 4.77. The van der Waals surface area contributed by atoms with Gasteiger partial charge in [-0.25, -0.2) is 18.1 Å². The number of aryl methyl sites for hydroxylation is 1. The molecule has 0 atom stereocenters. The van der Waals surface area contributed by atoms with Gasteiger partial charge in [-0.2, -0.15) is 4.98 Å². The summed E-state index contributed by atoms with van der Waals surface area (Å²) >= 11 is 6.38. The zero-order valence-electron chi connectivity index (χ0n) is 21.0. The molecule has 1 aliphatic heterocycles. The molecule has 5 rings (SSSR count). The maximum atomic E-state index is 12.1. The van der Waals surface area contributed by atoms with Crippen molar-refractivity contribution in [2.45, 2.75) is 31.6 Å².